The minimum Gasteiger partial charge on any atom is -0.467 e. The lowest BCUT2D eigenvalue weighted by atomic mass is 10.2. The summed E-state index contributed by atoms with van der Waals surface area (Å²) in [7, 11) is 0. The van der Waals surface area contributed by atoms with E-state index in [4.69, 9.17) is 9.68 Å². The van der Waals surface area contributed by atoms with Crippen molar-refractivity contribution in [2.45, 2.75) is 13.0 Å². The fourth-order valence-electron chi connectivity index (χ4n) is 1.40. The minimum absolute atomic E-state index is 0.0738. The zero-order valence-electron chi connectivity index (χ0n) is 8.84. The number of nitrogens with zero attached hydrogens (tertiary/aromatic N) is 2. The second-order valence-electron chi connectivity index (χ2n) is 3.43. The molecule has 0 radical (unpaired) electrons. The number of hydrogen-bond donors (Lipinski definition) is 1. The van der Waals surface area contributed by atoms with E-state index in [1.54, 1.807) is 18.5 Å². The third-order valence-electron chi connectivity index (χ3n) is 2.23. The fourth-order valence-corrected chi connectivity index (χ4v) is 1.40. The van der Waals surface area contributed by atoms with Gasteiger partial charge in [0.1, 0.15) is 17.5 Å². The van der Waals surface area contributed by atoms with Gasteiger partial charge in [0.15, 0.2) is 0 Å². The van der Waals surface area contributed by atoms with Gasteiger partial charge in [-0.2, -0.15) is 5.26 Å². The van der Waals surface area contributed by atoms with E-state index < -0.39 is 0 Å². The summed E-state index contributed by atoms with van der Waals surface area (Å²) in [6, 6.07) is 9.32. The number of nitrogens with one attached hydrogen (secondary N) is 1. The first-order valence-electron chi connectivity index (χ1n) is 4.95. The second kappa shape index (κ2) is 4.49. The summed E-state index contributed by atoms with van der Waals surface area (Å²) in [4.78, 5) is 3.98. The van der Waals surface area contributed by atoms with Crippen LogP contribution in [0.25, 0.3) is 0 Å². The smallest absolute Gasteiger partial charge is 0.140 e. The van der Waals surface area contributed by atoms with E-state index in [0.717, 1.165) is 11.4 Å². The van der Waals surface area contributed by atoms with Gasteiger partial charge in [0.05, 0.1) is 24.2 Å². The Morgan fingerprint density at radius 2 is 2.31 bits per heavy atom. The topological polar surface area (TPSA) is 61.9 Å². The van der Waals surface area contributed by atoms with Crippen LogP contribution in [-0.4, -0.2) is 4.98 Å². The van der Waals surface area contributed by atoms with Crippen LogP contribution < -0.4 is 5.32 Å². The van der Waals surface area contributed by atoms with Crippen molar-refractivity contribution in [1.29, 1.82) is 5.26 Å². The largest absolute Gasteiger partial charge is 0.467 e. The van der Waals surface area contributed by atoms with Crippen molar-refractivity contribution in [3.63, 3.8) is 0 Å². The molecule has 2 aromatic heterocycles. The lowest BCUT2D eigenvalue weighted by Crippen LogP contribution is -2.05. The molecule has 0 aliphatic rings. The van der Waals surface area contributed by atoms with Gasteiger partial charge in [0.2, 0.25) is 0 Å². The second-order valence-corrected chi connectivity index (χ2v) is 3.43. The predicted molar refractivity (Wildman–Crippen MR) is 59.7 cm³/mol. The molecule has 0 saturated carbocycles. The summed E-state index contributed by atoms with van der Waals surface area (Å²) >= 11 is 0. The predicted octanol–water partition coefficient (Wildman–Crippen LogP) is 2.72. The average molecular weight is 213 g/mol. The van der Waals surface area contributed by atoms with Crippen molar-refractivity contribution in [3.8, 4) is 6.07 Å². The molecule has 2 aromatic rings. The van der Waals surface area contributed by atoms with Gasteiger partial charge in [-0.3, -0.25) is 0 Å². The molecule has 80 valence electrons. The highest BCUT2D eigenvalue weighted by atomic mass is 16.3. The molecule has 1 unspecified atom stereocenters. The molecule has 0 amide bonds. The molecule has 4 heteroatoms. The Kier molecular flexibility index (Phi) is 2.88. The number of anilines is 1. The van der Waals surface area contributed by atoms with Crippen LogP contribution >= 0.6 is 0 Å². The summed E-state index contributed by atoms with van der Waals surface area (Å²) in [5, 5.41) is 11.8. The van der Waals surface area contributed by atoms with E-state index in [2.05, 4.69) is 10.3 Å². The van der Waals surface area contributed by atoms with E-state index in [1.165, 1.54) is 0 Å². The van der Waals surface area contributed by atoms with E-state index in [0.29, 0.717) is 5.69 Å². The lowest BCUT2D eigenvalue weighted by Gasteiger charge is -2.12. The summed E-state index contributed by atoms with van der Waals surface area (Å²) in [5.74, 6) is 0.865. The molecule has 0 aliphatic heterocycles. The monoisotopic (exact) mass is 213 g/mol. The number of rotatable bonds is 3. The zero-order chi connectivity index (χ0) is 11.4. The number of aromatic nitrogens is 1. The average Bonchev–Trinajstić information content (AvgIpc) is 2.83. The Labute approximate surface area is 93.5 Å². The van der Waals surface area contributed by atoms with Crippen molar-refractivity contribution in [3.05, 3.63) is 48.2 Å². The summed E-state index contributed by atoms with van der Waals surface area (Å²) in [6.07, 6.45) is 3.28. The zero-order valence-corrected chi connectivity index (χ0v) is 8.84. The van der Waals surface area contributed by atoms with Crippen molar-refractivity contribution < 1.29 is 4.42 Å². The molecule has 0 saturated heterocycles. The lowest BCUT2D eigenvalue weighted by molar-refractivity contribution is 0.490. The van der Waals surface area contributed by atoms with E-state index in [9.17, 15) is 0 Å². The van der Waals surface area contributed by atoms with Crippen LogP contribution in [0.4, 0.5) is 5.69 Å². The molecular weight excluding hydrogens is 202 g/mol. The van der Waals surface area contributed by atoms with Crippen LogP contribution in [0.1, 0.15) is 24.4 Å². The van der Waals surface area contributed by atoms with Crippen LogP contribution in [0.3, 0.4) is 0 Å². The van der Waals surface area contributed by atoms with Gasteiger partial charge < -0.3 is 9.73 Å². The first kappa shape index (κ1) is 10.2. The molecule has 0 bridgehead atoms. The summed E-state index contributed by atoms with van der Waals surface area (Å²) in [5.41, 5.74) is 1.28. The first-order valence-corrected chi connectivity index (χ1v) is 4.95. The molecule has 0 aliphatic carbocycles. The van der Waals surface area contributed by atoms with Crippen molar-refractivity contribution >= 4 is 5.69 Å². The van der Waals surface area contributed by atoms with Crippen LogP contribution in [0.15, 0.2) is 41.1 Å². The van der Waals surface area contributed by atoms with E-state index in [1.807, 2.05) is 31.2 Å². The standard InChI is InChI=1S/C12H11N3O/c1-9(12-3-2-6-16-12)15-11-5-4-10(7-13)14-8-11/h2-6,8-9,15H,1H3. The Morgan fingerprint density at radius 1 is 1.44 bits per heavy atom. The number of furan rings is 1. The van der Waals surface area contributed by atoms with Crippen LogP contribution in [0.5, 0.6) is 0 Å². The molecule has 4 nitrogen and oxygen atoms in total. The number of pyridine rings is 1. The minimum atomic E-state index is 0.0738. The van der Waals surface area contributed by atoms with Crippen LogP contribution in [-0.2, 0) is 0 Å². The van der Waals surface area contributed by atoms with Gasteiger partial charge in [-0.05, 0) is 31.2 Å². The van der Waals surface area contributed by atoms with Gasteiger partial charge in [0, 0.05) is 0 Å². The van der Waals surface area contributed by atoms with Gasteiger partial charge >= 0.3 is 0 Å². The molecule has 1 N–H and O–H groups in total. The molecular formula is C12H11N3O. The molecule has 1 atom stereocenters. The maximum absolute atomic E-state index is 8.61. The van der Waals surface area contributed by atoms with Gasteiger partial charge in [-0.1, -0.05) is 0 Å². The van der Waals surface area contributed by atoms with E-state index in [-0.39, 0.29) is 6.04 Å². The van der Waals surface area contributed by atoms with Crippen LogP contribution in [0, 0.1) is 11.3 Å². The molecule has 0 spiro atoms. The molecule has 2 rings (SSSR count). The SMILES string of the molecule is CC(Nc1ccc(C#N)nc1)c1ccco1. The van der Waals surface area contributed by atoms with Crippen molar-refractivity contribution in [1.82, 2.24) is 4.98 Å². The molecule has 2 heterocycles. The van der Waals surface area contributed by atoms with Crippen molar-refractivity contribution in [2.75, 3.05) is 5.32 Å². The van der Waals surface area contributed by atoms with E-state index >= 15 is 0 Å². The highest BCUT2D eigenvalue weighted by molar-refractivity contribution is 5.44. The van der Waals surface area contributed by atoms with Crippen molar-refractivity contribution in [2.24, 2.45) is 0 Å². The maximum atomic E-state index is 8.61. The summed E-state index contributed by atoms with van der Waals surface area (Å²) in [6.45, 7) is 2.00. The summed E-state index contributed by atoms with van der Waals surface area (Å²) < 4.78 is 5.28. The maximum Gasteiger partial charge on any atom is 0.140 e. The normalized spacial score (nSPS) is 11.8. The van der Waals surface area contributed by atoms with Crippen LogP contribution in [0.2, 0.25) is 0 Å². The third kappa shape index (κ3) is 2.20. The quantitative estimate of drug-likeness (QED) is 0.851. The molecule has 0 aromatic carbocycles. The molecule has 16 heavy (non-hydrogen) atoms. The Bertz CT molecular complexity index is 482. The third-order valence-corrected chi connectivity index (χ3v) is 2.23. The molecule has 0 fully saturated rings. The van der Waals surface area contributed by atoms with Gasteiger partial charge in [0.25, 0.3) is 0 Å². The Morgan fingerprint density at radius 3 is 2.88 bits per heavy atom. The van der Waals surface area contributed by atoms with Gasteiger partial charge in [-0.25, -0.2) is 4.98 Å². The Balaban J connectivity index is 2.07. The number of nitriles is 1. The van der Waals surface area contributed by atoms with Gasteiger partial charge in [-0.15, -0.1) is 0 Å². The fraction of sp³-hybridized carbons (Fsp3) is 0.167. The highest BCUT2D eigenvalue weighted by Gasteiger charge is 2.07. The number of hydrogen-bond acceptors (Lipinski definition) is 4. The Hall–Kier alpha value is -2.28. The highest BCUT2D eigenvalue weighted by Crippen LogP contribution is 2.18. The first-order chi connectivity index (χ1) is 7.79.